The second-order valence-electron chi connectivity index (χ2n) is 3.81. The number of benzene rings is 1. The van der Waals surface area contributed by atoms with Crippen molar-refractivity contribution in [3.8, 4) is 5.75 Å². The van der Waals surface area contributed by atoms with Crippen LogP contribution in [0, 0.1) is 0 Å². The number of carbonyl (C=O) groups excluding carboxylic acids is 1. The minimum atomic E-state index is -2.79. The zero-order valence-corrected chi connectivity index (χ0v) is 9.41. The molecule has 0 saturated carbocycles. The Kier molecular flexibility index (Phi) is 3.67. The number of phenolic OH excluding ortho intramolecular Hbond substituents is 1. The van der Waals surface area contributed by atoms with E-state index in [2.05, 4.69) is 4.74 Å². The third-order valence-corrected chi connectivity index (χ3v) is 2.48. The predicted molar refractivity (Wildman–Crippen MR) is 57.0 cm³/mol. The smallest absolute Gasteiger partial charge is 0.341 e. The molecule has 1 unspecified atom stereocenters. The number of alkyl halides is 2. The lowest BCUT2D eigenvalue weighted by atomic mass is 9.92. The van der Waals surface area contributed by atoms with Crippen molar-refractivity contribution in [1.29, 1.82) is 0 Å². The Morgan fingerprint density at radius 1 is 1.53 bits per heavy atom. The van der Waals surface area contributed by atoms with Gasteiger partial charge in [-0.15, -0.1) is 0 Å². The summed E-state index contributed by atoms with van der Waals surface area (Å²) in [6, 6.07) is 3.48. The molecule has 0 saturated heterocycles. The lowest BCUT2D eigenvalue weighted by Gasteiger charge is -2.24. The second kappa shape index (κ2) is 4.67. The van der Waals surface area contributed by atoms with Gasteiger partial charge in [-0.05, 0) is 24.6 Å². The molecule has 0 bridgehead atoms. The molecule has 0 heterocycles. The van der Waals surface area contributed by atoms with Gasteiger partial charge in [0, 0.05) is 0 Å². The number of phenols is 1. The van der Waals surface area contributed by atoms with E-state index in [1.54, 1.807) is 0 Å². The summed E-state index contributed by atoms with van der Waals surface area (Å²) in [6.07, 6.45) is -2.79. The highest BCUT2D eigenvalue weighted by Gasteiger charge is 2.33. The van der Waals surface area contributed by atoms with Gasteiger partial charge in [0.2, 0.25) is 0 Å². The van der Waals surface area contributed by atoms with Gasteiger partial charge in [0.1, 0.15) is 11.3 Å². The van der Waals surface area contributed by atoms with Gasteiger partial charge >= 0.3 is 5.97 Å². The third-order valence-electron chi connectivity index (χ3n) is 2.48. The van der Waals surface area contributed by atoms with Crippen LogP contribution < -0.4 is 5.73 Å². The van der Waals surface area contributed by atoms with Crippen LogP contribution in [-0.4, -0.2) is 24.6 Å². The number of methoxy groups -OCH3 is 1. The van der Waals surface area contributed by atoms with Crippen LogP contribution in [0.25, 0.3) is 0 Å². The molecular weight excluding hydrogens is 232 g/mol. The predicted octanol–water partition coefficient (Wildman–Crippen LogP) is 1.62. The number of carbonyl (C=O) groups is 1. The number of esters is 1. The highest BCUT2D eigenvalue weighted by molar-refractivity contribution is 5.92. The quantitative estimate of drug-likeness (QED) is 0.794. The number of hydrogen-bond donors (Lipinski definition) is 2. The van der Waals surface area contributed by atoms with Crippen molar-refractivity contribution < 1.29 is 23.4 Å². The Balaban J connectivity index is 3.26. The maximum atomic E-state index is 12.7. The average Bonchev–Trinajstić information content (AvgIpc) is 2.28. The van der Waals surface area contributed by atoms with Gasteiger partial charge in [-0.3, -0.25) is 0 Å². The molecule has 0 aliphatic heterocycles. The number of ether oxygens (including phenoxy) is 1. The first kappa shape index (κ1) is 13.4. The summed E-state index contributed by atoms with van der Waals surface area (Å²) in [6.45, 7) is 1.14. The maximum Gasteiger partial charge on any atom is 0.341 e. The Morgan fingerprint density at radius 3 is 2.59 bits per heavy atom. The van der Waals surface area contributed by atoms with E-state index in [9.17, 15) is 18.7 Å². The summed E-state index contributed by atoms with van der Waals surface area (Å²) in [5, 5.41) is 9.41. The van der Waals surface area contributed by atoms with Crippen LogP contribution in [0.3, 0.4) is 0 Å². The van der Waals surface area contributed by atoms with Gasteiger partial charge in [0.15, 0.2) is 0 Å². The third kappa shape index (κ3) is 2.52. The fourth-order valence-electron chi connectivity index (χ4n) is 1.27. The molecule has 1 atom stereocenters. The zero-order valence-electron chi connectivity index (χ0n) is 9.41. The molecule has 0 aromatic heterocycles. The van der Waals surface area contributed by atoms with E-state index >= 15 is 0 Å². The normalized spacial score (nSPS) is 14.5. The first-order valence-electron chi connectivity index (χ1n) is 4.79. The lowest BCUT2D eigenvalue weighted by Crippen LogP contribution is -2.40. The largest absolute Gasteiger partial charge is 0.507 e. The minimum Gasteiger partial charge on any atom is -0.507 e. The number of rotatable bonds is 3. The summed E-state index contributed by atoms with van der Waals surface area (Å²) in [5.41, 5.74) is 3.42. The summed E-state index contributed by atoms with van der Waals surface area (Å²) in [7, 11) is 1.13. The molecule has 0 aliphatic rings. The first-order valence-corrected chi connectivity index (χ1v) is 4.79. The molecule has 17 heavy (non-hydrogen) atoms. The van der Waals surface area contributed by atoms with Gasteiger partial charge < -0.3 is 15.6 Å². The van der Waals surface area contributed by atoms with Gasteiger partial charge in [0.25, 0.3) is 6.43 Å². The molecule has 1 rings (SSSR count). The number of hydrogen-bond acceptors (Lipinski definition) is 4. The van der Waals surface area contributed by atoms with Crippen LogP contribution in [0.5, 0.6) is 5.75 Å². The standard InChI is InChI=1S/C11H13F2NO3/c1-11(14,10(12)13)6-3-4-8(15)7(5-6)9(16)17-2/h3-5,10,15H,14H2,1-2H3. The van der Waals surface area contributed by atoms with Crippen molar-refractivity contribution in [2.24, 2.45) is 5.73 Å². The van der Waals surface area contributed by atoms with Crippen molar-refractivity contribution in [2.75, 3.05) is 7.11 Å². The van der Waals surface area contributed by atoms with E-state index in [0.29, 0.717) is 0 Å². The number of nitrogens with two attached hydrogens (primary N) is 1. The molecule has 94 valence electrons. The van der Waals surface area contributed by atoms with E-state index < -0.39 is 17.9 Å². The molecule has 0 radical (unpaired) electrons. The molecule has 1 aromatic carbocycles. The average molecular weight is 245 g/mol. The van der Waals surface area contributed by atoms with E-state index in [1.807, 2.05) is 0 Å². The number of halogens is 2. The second-order valence-corrected chi connectivity index (χ2v) is 3.81. The van der Waals surface area contributed by atoms with E-state index in [-0.39, 0.29) is 16.9 Å². The first-order chi connectivity index (χ1) is 7.80. The van der Waals surface area contributed by atoms with Crippen LogP contribution in [0.2, 0.25) is 0 Å². The van der Waals surface area contributed by atoms with Crippen LogP contribution >= 0.6 is 0 Å². The topological polar surface area (TPSA) is 72.5 Å². The Morgan fingerprint density at radius 2 is 2.12 bits per heavy atom. The molecule has 6 heteroatoms. The molecule has 1 aromatic rings. The molecule has 4 nitrogen and oxygen atoms in total. The molecule has 0 spiro atoms. The summed E-state index contributed by atoms with van der Waals surface area (Å²) in [5.74, 6) is -1.15. The molecule has 0 fully saturated rings. The van der Waals surface area contributed by atoms with Gasteiger partial charge in [-0.2, -0.15) is 0 Å². The Hall–Kier alpha value is -1.69. The highest BCUT2D eigenvalue weighted by Crippen LogP contribution is 2.29. The van der Waals surface area contributed by atoms with Crippen molar-refractivity contribution in [1.82, 2.24) is 0 Å². The number of aromatic hydroxyl groups is 1. The van der Waals surface area contributed by atoms with Crippen LogP contribution in [0.15, 0.2) is 18.2 Å². The summed E-state index contributed by atoms with van der Waals surface area (Å²) >= 11 is 0. The maximum absolute atomic E-state index is 12.7. The van der Waals surface area contributed by atoms with E-state index in [1.165, 1.54) is 6.07 Å². The fraction of sp³-hybridized carbons (Fsp3) is 0.364. The fourth-order valence-corrected chi connectivity index (χ4v) is 1.27. The Labute approximate surface area is 97.0 Å². The SMILES string of the molecule is COC(=O)c1cc(C(C)(N)C(F)F)ccc1O. The van der Waals surface area contributed by atoms with Crippen LogP contribution in [0.1, 0.15) is 22.8 Å². The Bertz CT molecular complexity index is 433. The lowest BCUT2D eigenvalue weighted by molar-refractivity contribution is 0.0583. The van der Waals surface area contributed by atoms with Crippen molar-refractivity contribution >= 4 is 5.97 Å². The van der Waals surface area contributed by atoms with Crippen LogP contribution in [0.4, 0.5) is 8.78 Å². The zero-order chi connectivity index (χ0) is 13.2. The van der Waals surface area contributed by atoms with E-state index in [4.69, 9.17) is 5.73 Å². The summed E-state index contributed by atoms with van der Waals surface area (Å²) < 4.78 is 29.8. The van der Waals surface area contributed by atoms with Gasteiger partial charge in [-0.1, -0.05) is 6.07 Å². The molecule has 0 aliphatic carbocycles. The van der Waals surface area contributed by atoms with Crippen molar-refractivity contribution in [3.63, 3.8) is 0 Å². The highest BCUT2D eigenvalue weighted by atomic mass is 19.3. The molecule has 0 amide bonds. The van der Waals surface area contributed by atoms with Crippen LogP contribution in [-0.2, 0) is 10.3 Å². The van der Waals surface area contributed by atoms with Gasteiger partial charge in [-0.25, -0.2) is 13.6 Å². The molecular formula is C11H13F2NO3. The van der Waals surface area contributed by atoms with E-state index in [0.717, 1.165) is 26.2 Å². The van der Waals surface area contributed by atoms with Crippen molar-refractivity contribution in [3.05, 3.63) is 29.3 Å². The summed E-state index contributed by atoms with van der Waals surface area (Å²) in [4.78, 5) is 11.3. The minimum absolute atomic E-state index is 0.0469. The van der Waals surface area contributed by atoms with Crippen molar-refractivity contribution in [2.45, 2.75) is 18.9 Å². The van der Waals surface area contributed by atoms with Gasteiger partial charge in [0.05, 0.1) is 12.6 Å². The monoisotopic (exact) mass is 245 g/mol. The molecule has 3 N–H and O–H groups in total.